The fourth-order valence-electron chi connectivity index (χ4n) is 2.88. The zero-order valence-electron chi connectivity index (χ0n) is 17.5. The maximum absolute atomic E-state index is 12.4. The third-order valence-corrected chi connectivity index (χ3v) is 4.52. The second-order valence-corrected chi connectivity index (χ2v) is 6.42. The van der Waals surface area contributed by atoms with Crippen molar-refractivity contribution in [3.8, 4) is 23.0 Å². The molecule has 158 valence electrons. The molecule has 0 N–H and O–H groups in total. The fourth-order valence-corrected chi connectivity index (χ4v) is 2.88. The number of allylic oxidation sites excluding steroid dienone is 1. The van der Waals surface area contributed by atoms with Crippen molar-refractivity contribution >= 4 is 17.8 Å². The van der Waals surface area contributed by atoms with Gasteiger partial charge < -0.3 is 18.9 Å². The van der Waals surface area contributed by atoms with Crippen LogP contribution in [0, 0.1) is 0 Å². The van der Waals surface area contributed by atoms with Crippen LogP contribution in [0.3, 0.4) is 0 Å². The predicted octanol–water partition coefficient (Wildman–Crippen LogP) is 4.83. The van der Waals surface area contributed by atoms with Crippen LogP contribution >= 0.6 is 0 Å². The summed E-state index contributed by atoms with van der Waals surface area (Å²) in [6.07, 6.45) is 3.18. The quantitative estimate of drug-likeness (QED) is 0.226. The number of hydrogen-bond donors (Lipinski definition) is 0. The van der Waals surface area contributed by atoms with Crippen molar-refractivity contribution in [1.82, 2.24) is 0 Å². The molecular weight excluding hydrogens is 396 g/mol. The van der Waals surface area contributed by atoms with Crippen LogP contribution in [-0.4, -0.2) is 33.1 Å². The maximum Gasteiger partial charge on any atom is 0.343 e. The Balaban J connectivity index is 1.68. The van der Waals surface area contributed by atoms with Crippen LogP contribution in [0.4, 0.5) is 0 Å². The Morgan fingerprint density at radius 3 is 2.03 bits per heavy atom. The highest BCUT2D eigenvalue weighted by molar-refractivity contribution is 6.07. The zero-order chi connectivity index (χ0) is 22.2. The molecule has 3 aromatic rings. The van der Waals surface area contributed by atoms with Gasteiger partial charge in [0.05, 0.1) is 26.9 Å². The molecule has 0 unspecified atom stereocenters. The first-order valence-electron chi connectivity index (χ1n) is 9.45. The molecule has 0 aliphatic carbocycles. The number of carbonyl (C=O) groups is 2. The van der Waals surface area contributed by atoms with Gasteiger partial charge in [-0.25, -0.2) is 4.79 Å². The van der Waals surface area contributed by atoms with Crippen LogP contribution in [0.1, 0.15) is 26.3 Å². The van der Waals surface area contributed by atoms with Crippen molar-refractivity contribution in [3.63, 3.8) is 0 Å². The molecule has 0 fully saturated rings. The van der Waals surface area contributed by atoms with E-state index in [1.54, 1.807) is 55.7 Å². The Hall–Kier alpha value is -4.06. The van der Waals surface area contributed by atoms with E-state index in [4.69, 9.17) is 18.9 Å². The largest absolute Gasteiger partial charge is 0.496 e. The number of esters is 1. The molecule has 3 aromatic carbocycles. The number of methoxy groups -OCH3 is 3. The minimum absolute atomic E-state index is 0.177. The number of benzene rings is 3. The molecule has 0 aromatic heterocycles. The summed E-state index contributed by atoms with van der Waals surface area (Å²) in [5.74, 6) is 1.23. The summed E-state index contributed by atoms with van der Waals surface area (Å²) in [6, 6.07) is 18.5. The molecule has 0 aliphatic rings. The van der Waals surface area contributed by atoms with E-state index in [0.717, 1.165) is 5.56 Å². The summed E-state index contributed by atoms with van der Waals surface area (Å²) >= 11 is 0. The first kappa shape index (κ1) is 21.6. The van der Waals surface area contributed by atoms with Crippen molar-refractivity contribution in [3.05, 3.63) is 89.5 Å². The third kappa shape index (κ3) is 5.30. The molecule has 0 heterocycles. The summed E-state index contributed by atoms with van der Waals surface area (Å²) in [5.41, 5.74) is 1.59. The number of ether oxygens (including phenoxy) is 4. The highest BCUT2D eigenvalue weighted by Crippen LogP contribution is 2.28. The number of hydrogen-bond acceptors (Lipinski definition) is 6. The predicted molar refractivity (Wildman–Crippen MR) is 117 cm³/mol. The van der Waals surface area contributed by atoms with Crippen LogP contribution in [0.15, 0.2) is 72.8 Å². The lowest BCUT2D eigenvalue weighted by atomic mass is 10.1. The Labute approximate surface area is 180 Å². The van der Waals surface area contributed by atoms with Crippen LogP contribution in [0.2, 0.25) is 0 Å². The van der Waals surface area contributed by atoms with Gasteiger partial charge in [-0.3, -0.25) is 4.79 Å². The normalized spacial score (nSPS) is 10.5. The average Bonchev–Trinajstić information content (AvgIpc) is 2.82. The summed E-state index contributed by atoms with van der Waals surface area (Å²) in [6.45, 7) is 0. The lowest BCUT2D eigenvalue weighted by molar-refractivity contribution is 0.0734. The molecule has 3 rings (SSSR count). The van der Waals surface area contributed by atoms with Gasteiger partial charge in [0, 0.05) is 11.1 Å². The molecule has 0 saturated carbocycles. The first-order chi connectivity index (χ1) is 15.0. The number of ketones is 1. The number of para-hydroxylation sites is 1. The Bertz CT molecular complexity index is 1100. The molecule has 31 heavy (non-hydrogen) atoms. The summed E-state index contributed by atoms with van der Waals surface area (Å²) in [7, 11) is 4.59. The fraction of sp³-hybridized carbons (Fsp3) is 0.120. The summed E-state index contributed by atoms with van der Waals surface area (Å²) < 4.78 is 21.0. The topological polar surface area (TPSA) is 71.1 Å². The van der Waals surface area contributed by atoms with Gasteiger partial charge in [-0.1, -0.05) is 18.2 Å². The maximum atomic E-state index is 12.4. The van der Waals surface area contributed by atoms with Crippen molar-refractivity contribution in [2.45, 2.75) is 0 Å². The van der Waals surface area contributed by atoms with Crippen molar-refractivity contribution in [1.29, 1.82) is 0 Å². The second-order valence-electron chi connectivity index (χ2n) is 6.42. The third-order valence-electron chi connectivity index (χ3n) is 4.52. The number of rotatable bonds is 8. The molecule has 0 aliphatic heterocycles. The molecule has 6 heteroatoms. The van der Waals surface area contributed by atoms with E-state index < -0.39 is 5.97 Å². The molecule has 0 amide bonds. The minimum atomic E-state index is -0.545. The summed E-state index contributed by atoms with van der Waals surface area (Å²) in [4.78, 5) is 24.9. The Kier molecular flexibility index (Phi) is 7.06. The molecule has 0 atom stereocenters. The molecule has 0 bridgehead atoms. The molecular formula is C25H22O6. The highest BCUT2D eigenvalue weighted by Gasteiger charge is 2.13. The number of carbonyl (C=O) groups excluding carboxylic acids is 2. The van der Waals surface area contributed by atoms with E-state index in [0.29, 0.717) is 34.1 Å². The van der Waals surface area contributed by atoms with Crippen molar-refractivity contribution in [2.24, 2.45) is 0 Å². The van der Waals surface area contributed by atoms with Gasteiger partial charge in [-0.05, 0) is 60.7 Å². The van der Waals surface area contributed by atoms with Crippen LogP contribution < -0.4 is 18.9 Å². The van der Waals surface area contributed by atoms with Crippen LogP contribution in [0.5, 0.6) is 23.0 Å². The van der Waals surface area contributed by atoms with E-state index >= 15 is 0 Å². The van der Waals surface area contributed by atoms with E-state index in [-0.39, 0.29) is 5.78 Å². The molecule has 0 spiro atoms. The van der Waals surface area contributed by atoms with Gasteiger partial charge in [0.15, 0.2) is 17.3 Å². The Morgan fingerprint density at radius 2 is 1.35 bits per heavy atom. The van der Waals surface area contributed by atoms with Gasteiger partial charge in [-0.15, -0.1) is 0 Å². The zero-order valence-corrected chi connectivity index (χ0v) is 17.5. The molecule has 0 radical (unpaired) electrons. The van der Waals surface area contributed by atoms with Gasteiger partial charge in [0.2, 0.25) is 0 Å². The molecule has 6 nitrogen and oxygen atoms in total. The van der Waals surface area contributed by atoms with E-state index in [1.165, 1.54) is 20.3 Å². The van der Waals surface area contributed by atoms with Gasteiger partial charge >= 0.3 is 5.97 Å². The van der Waals surface area contributed by atoms with Crippen LogP contribution in [0.25, 0.3) is 6.08 Å². The van der Waals surface area contributed by atoms with E-state index in [2.05, 4.69) is 0 Å². The average molecular weight is 418 g/mol. The summed E-state index contributed by atoms with van der Waals surface area (Å²) in [5, 5.41) is 0. The smallest absolute Gasteiger partial charge is 0.343 e. The second kappa shape index (κ2) is 10.1. The van der Waals surface area contributed by atoms with Gasteiger partial charge in [0.25, 0.3) is 0 Å². The lowest BCUT2D eigenvalue weighted by Gasteiger charge is -2.09. The van der Waals surface area contributed by atoms with Crippen LogP contribution in [-0.2, 0) is 0 Å². The van der Waals surface area contributed by atoms with E-state index in [9.17, 15) is 9.59 Å². The first-order valence-corrected chi connectivity index (χ1v) is 9.45. The van der Waals surface area contributed by atoms with Crippen molar-refractivity contribution < 1.29 is 28.5 Å². The van der Waals surface area contributed by atoms with Gasteiger partial charge in [0.1, 0.15) is 11.5 Å². The minimum Gasteiger partial charge on any atom is -0.496 e. The standard InChI is InChI=1S/C25H22O6/c1-28-22-7-5-4-6-18(22)10-14-21(26)17-8-12-20(13-9-17)31-25(27)19-11-15-23(29-2)24(16-19)30-3/h4-16H,1-3H3/b14-10+. The lowest BCUT2D eigenvalue weighted by Crippen LogP contribution is -2.09. The molecule has 0 saturated heterocycles. The van der Waals surface area contributed by atoms with Crippen molar-refractivity contribution in [2.75, 3.05) is 21.3 Å². The van der Waals surface area contributed by atoms with E-state index in [1.807, 2.05) is 24.3 Å². The Morgan fingerprint density at radius 1 is 0.710 bits per heavy atom. The van der Waals surface area contributed by atoms with Gasteiger partial charge in [-0.2, -0.15) is 0 Å². The SMILES string of the molecule is COc1ccccc1/C=C/C(=O)c1ccc(OC(=O)c2ccc(OC)c(OC)c2)cc1. The highest BCUT2D eigenvalue weighted by atomic mass is 16.5. The monoisotopic (exact) mass is 418 g/mol.